The number of benzene rings is 1. The van der Waals surface area contributed by atoms with Gasteiger partial charge in [0.2, 0.25) is 53.2 Å². The Morgan fingerprint density at radius 2 is 1.09 bits per heavy atom. The average Bonchev–Trinajstić information content (AvgIpc) is 4.00. The van der Waals surface area contributed by atoms with E-state index in [4.69, 9.17) is 28.7 Å². The number of aliphatic hydroxyl groups is 2. The van der Waals surface area contributed by atoms with E-state index in [-0.39, 0.29) is 57.1 Å². The number of hydrogen-bond acceptors (Lipinski definition) is 16. The van der Waals surface area contributed by atoms with E-state index >= 15 is 0 Å². The van der Waals surface area contributed by atoms with Crippen molar-refractivity contribution < 1.29 is 63.3 Å². The van der Waals surface area contributed by atoms with Crippen molar-refractivity contribution in [3.63, 3.8) is 0 Å². The Balaban J connectivity index is 2.31. The van der Waals surface area contributed by atoms with Crippen LogP contribution in [0.4, 0.5) is 0 Å². The zero-order valence-corrected chi connectivity index (χ0v) is 47.3. The number of nitrogens with one attached hydrogen (secondary N) is 10. The molecule has 31 nitrogen and oxygen atoms in total. The molecule has 31 heteroatoms. The fourth-order valence-electron chi connectivity index (χ4n) is 7.80. The Kier molecular flexibility index (Phi) is 30.0. The van der Waals surface area contributed by atoms with Gasteiger partial charge in [-0.1, -0.05) is 64.4 Å². The lowest BCUT2D eigenvalue weighted by atomic mass is 9.96. The van der Waals surface area contributed by atoms with E-state index in [9.17, 15) is 63.3 Å². The number of aliphatic carboxylic acids is 1. The standard InChI is InChI=1S/C51H84N18O13/c1-8-26(4)38(47(79)66-37(25(2)3)49(81)82)67-43(75)33(17-13-19-59-51(55)56)63-36(72)23-60-46(78)39(28(6)70)69-48(80)40(29(7)71)68-45(77)35(21-31-22-57-24-61-31)65-44(76)34(20-30-14-10-9-11-15-30)64-41(73)27(5)62-42(74)32(52)16-12-18-58-50(53)54/h9-11,14-15,22,24-29,32-35,37-40,70-71H,8,12-13,16-21,23,52H2,1-7H3,(H,57,61)(H,60,78)(H,62,74)(H,63,72)(H,64,73)(H,65,76)(H,66,79)(H,67,75)(H,68,77)(H,69,80)(H,81,82)(H4,53,54,58)(H4,55,56,59)/t26?,27-,28+,29+,32-,33-,34+,35-,37+,38-,39-,40-/m0/s1. The first-order valence-electron chi connectivity index (χ1n) is 26.7. The second kappa shape index (κ2) is 35.3. The van der Waals surface area contributed by atoms with E-state index < -0.39 is 144 Å². The Labute approximate surface area is 475 Å². The number of aliphatic hydroxyl groups excluding tert-OH is 2. The molecule has 2 rings (SSSR count). The van der Waals surface area contributed by atoms with E-state index in [0.29, 0.717) is 24.1 Å². The van der Waals surface area contributed by atoms with Gasteiger partial charge in [-0.25, -0.2) is 9.78 Å². The van der Waals surface area contributed by atoms with E-state index in [2.05, 4.69) is 67.8 Å². The van der Waals surface area contributed by atoms with E-state index in [0.717, 1.165) is 13.8 Å². The summed E-state index contributed by atoms with van der Waals surface area (Å²) in [5.74, 6) is -10.9. The summed E-state index contributed by atoms with van der Waals surface area (Å²) in [5, 5.41) is 53.4. The molecule has 0 aliphatic heterocycles. The Morgan fingerprint density at radius 1 is 0.585 bits per heavy atom. The maximum absolute atomic E-state index is 14.2. The molecule has 0 spiro atoms. The number of aromatic nitrogens is 2. The minimum Gasteiger partial charge on any atom is -0.480 e. The Bertz CT molecular complexity index is 2490. The number of imidazole rings is 1. The molecule has 9 amide bonds. The van der Waals surface area contributed by atoms with Crippen molar-refractivity contribution in [3.8, 4) is 0 Å². The van der Waals surface area contributed by atoms with Gasteiger partial charge in [0.1, 0.15) is 48.3 Å². The summed E-state index contributed by atoms with van der Waals surface area (Å²) >= 11 is 0. The van der Waals surface area contributed by atoms with Crippen molar-refractivity contribution in [2.75, 3.05) is 19.6 Å². The molecule has 1 aromatic carbocycles. The van der Waals surface area contributed by atoms with Crippen LogP contribution in [-0.4, -0.2) is 183 Å². The summed E-state index contributed by atoms with van der Waals surface area (Å²) in [6, 6.07) is -4.15. The van der Waals surface area contributed by atoms with Gasteiger partial charge in [0.25, 0.3) is 0 Å². The summed E-state index contributed by atoms with van der Waals surface area (Å²) < 4.78 is 0. The first kappa shape index (κ1) is 69.7. The molecular weight excluding hydrogens is 1070 g/mol. The molecule has 1 aromatic heterocycles. The maximum Gasteiger partial charge on any atom is 0.326 e. The van der Waals surface area contributed by atoms with Crippen LogP contribution >= 0.6 is 0 Å². The lowest BCUT2D eigenvalue weighted by molar-refractivity contribution is -0.144. The number of carboxylic acids is 1. The number of aliphatic imine (C=N–C) groups is 2. The van der Waals surface area contributed by atoms with E-state index in [1.54, 1.807) is 58.0 Å². The summed E-state index contributed by atoms with van der Waals surface area (Å²) in [4.78, 5) is 149. The highest BCUT2D eigenvalue weighted by Crippen LogP contribution is 2.13. The van der Waals surface area contributed by atoms with Gasteiger partial charge in [0.15, 0.2) is 11.9 Å². The molecule has 0 saturated carbocycles. The number of nitrogens with two attached hydrogens (primary N) is 5. The Morgan fingerprint density at radius 3 is 1.62 bits per heavy atom. The molecule has 0 bridgehead atoms. The third-order valence-corrected chi connectivity index (χ3v) is 12.8. The van der Waals surface area contributed by atoms with Gasteiger partial charge < -0.3 is 96.8 Å². The fraction of sp³-hybridized carbons (Fsp3) is 0.588. The molecule has 0 fully saturated rings. The number of hydrogen-bond donors (Lipinski definition) is 18. The van der Waals surface area contributed by atoms with Crippen LogP contribution in [0.1, 0.15) is 91.8 Å². The first-order chi connectivity index (χ1) is 38.6. The number of carbonyl (C=O) groups is 10. The number of guanidine groups is 2. The molecule has 23 N–H and O–H groups in total. The largest absolute Gasteiger partial charge is 0.480 e. The van der Waals surface area contributed by atoms with Gasteiger partial charge in [-0.2, -0.15) is 0 Å². The molecule has 456 valence electrons. The highest BCUT2D eigenvalue weighted by atomic mass is 16.4. The summed E-state index contributed by atoms with van der Waals surface area (Å²) in [6.45, 7) is 9.67. The number of H-pyrrole nitrogens is 1. The number of aromatic amines is 1. The predicted molar refractivity (Wildman–Crippen MR) is 300 cm³/mol. The third-order valence-electron chi connectivity index (χ3n) is 12.8. The third kappa shape index (κ3) is 24.9. The lowest BCUT2D eigenvalue weighted by Gasteiger charge is -2.29. The number of nitrogens with zero attached hydrogens (tertiary/aromatic N) is 3. The average molecular weight is 1160 g/mol. The number of rotatable bonds is 36. The van der Waals surface area contributed by atoms with Crippen LogP contribution in [0.15, 0.2) is 52.8 Å². The van der Waals surface area contributed by atoms with Gasteiger partial charge in [0.05, 0.1) is 31.1 Å². The van der Waals surface area contributed by atoms with Crippen molar-refractivity contribution >= 4 is 71.1 Å². The van der Waals surface area contributed by atoms with Crippen LogP contribution in [0, 0.1) is 11.8 Å². The van der Waals surface area contributed by atoms with Crippen molar-refractivity contribution in [3.05, 3.63) is 54.1 Å². The van der Waals surface area contributed by atoms with Crippen LogP contribution in [0.2, 0.25) is 0 Å². The SMILES string of the molecule is CCC(C)[C@H](NC(=O)[C@H](CCCN=C(N)N)NC(=O)CNC(=O)[C@@H](NC(=O)[C@@H](NC(=O)[C@H](Cc1cnc[nH]1)NC(=O)[C@@H](Cc1ccccc1)NC(=O)[C@H](C)NC(=O)[C@@H](N)CCCN=C(N)N)[C@@H](C)O)[C@@H](C)O)C(=O)N[C@@H](C(=O)O)C(C)C. The molecule has 0 aliphatic carbocycles. The second-order valence-electron chi connectivity index (χ2n) is 20.1. The van der Waals surface area contributed by atoms with Crippen LogP contribution in [0.5, 0.6) is 0 Å². The maximum atomic E-state index is 14.2. The van der Waals surface area contributed by atoms with Crippen molar-refractivity contribution in [1.29, 1.82) is 0 Å². The van der Waals surface area contributed by atoms with Crippen molar-refractivity contribution in [1.82, 2.24) is 57.8 Å². The van der Waals surface area contributed by atoms with Crippen LogP contribution in [-0.2, 0) is 60.8 Å². The van der Waals surface area contributed by atoms with Gasteiger partial charge in [-0.3, -0.25) is 53.1 Å². The fourth-order valence-corrected chi connectivity index (χ4v) is 7.80. The van der Waals surface area contributed by atoms with Crippen LogP contribution in [0.3, 0.4) is 0 Å². The van der Waals surface area contributed by atoms with E-state index in [1.807, 2.05) is 0 Å². The number of carbonyl (C=O) groups excluding carboxylic acids is 9. The molecule has 0 aliphatic rings. The summed E-state index contributed by atoms with van der Waals surface area (Å²) in [6.07, 6.45) is -0.0557. The number of carboxylic acid groups (broad SMARTS) is 1. The van der Waals surface area contributed by atoms with Gasteiger partial charge >= 0.3 is 5.97 Å². The zero-order valence-electron chi connectivity index (χ0n) is 47.3. The monoisotopic (exact) mass is 1160 g/mol. The lowest BCUT2D eigenvalue weighted by Crippen LogP contribution is -2.63. The quantitative estimate of drug-likeness (QED) is 0.0172. The topological polar surface area (TPSA) is 523 Å². The molecule has 82 heavy (non-hydrogen) atoms. The summed E-state index contributed by atoms with van der Waals surface area (Å²) in [7, 11) is 0. The highest BCUT2D eigenvalue weighted by molar-refractivity contribution is 5.98. The molecule has 2 aromatic rings. The van der Waals surface area contributed by atoms with Crippen LogP contribution in [0.25, 0.3) is 0 Å². The summed E-state index contributed by atoms with van der Waals surface area (Å²) in [5.41, 5.74) is 28.5. The number of amides is 9. The minimum absolute atomic E-state index is 0.0341. The molecular formula is C51H84N18O13. The minimum atomic E-state index is -1.85. The molecule has 1 heterocycles. The first-order valence-corrected chi connectivity index (χ1v) is 26.7. The predicted octanol–water partition coefficient (Wildman–Crippen LogP) is -5.81. The smallest absolute Gasteiger partial charge is 0.326 e. The van der Waals surface area contributed by atoms with Crippen molar-refractivity contribution in [2.24, 2.45) is 50.5 Å². The highest BCUT2D eigenvalue weighted by Gasteiger charge is 2.37. The molecule has 1 unspecified atom stereocenters. The van der Waals surface area contributed by atoms with E-state index in [1.165, 1.54) is 19.4 Å². The normalized spacial score (nSPS) is 15.5. The van der Waals surface area contributed by atoms with Gasteiger partial charge in [0, 0.05) is 37.8 Å². The Hall–Kier alpha value is -8.45. The van der Waals surface area contributed by atoms with Gasteiger partial charge in [-0.15, -0.1) is 0 Å². The zero-order chi connectivity index (χ0) is 61.8. The molecule has 12 atom stereocenters. The molecule has 0 saturated heterocycles. The van der Waals surface area contributed by atoms with Crippen LogP contribution < -0.4 is 76.5 Å². The van der Waals surface area contributed by atoms with Gasteiger partial charge in [-0.05, 0) is 63.9 Å². The van der Waals surface area contributed by atoms with Crippen molar-refractivity contribution in [2.45, 2.75) is 160 Å². The second-order valence-corrected chi connectivity index (χ2v) is 20.1. The molecule has 0 radical (unpaired) electrons.